The number of amides is 1. The Labute approximate surface area is 130 Å². The van der Waals surface area contributed by atoms with Gasteiger partial charge in [-0.3, -0.25) is 9.59 Å². The van der Waals surface area contributed by atoms with Gasteiger partial charge in [0.25, 0.3) is 0 Å². The molecule has 0 fully saturated rings. The number of Topliss-reactive ketones (excluding diaryl/α,β-unsaturated/α-hetero) is 1. The van der Waals surface area contributed by atoms with Gasteiger partial charge in [-0.15, -0.1) is 0 Å². The molecular weight excluding hydrogens is 284 g/mol. The van der Waals surface area contributed by atoms with E-state index in [1.54, 1.807) is 25.2 Å². The maximum atomic E-state index is 12.6. The van der Waals surface area contributed by atoms with Crippen LogP contribution in [0.1, 0.15) is 26.7 Å². The molecule has 0 aromatic heterocycles. The maximum absolute atomic E-state index is 12.6. The largest absolute Gasteiger partial charge is 0.493 e. The Morgan fingerprint density at radius 1 is 1.27 bits per heavy atom. The second-order valence-electron chi connectivity index (χ2n) is 5.27. The molecule has 22 heavy (non-hydrogen) atoms. The van der Waals surface area contributed by atoms with Crippen molar-refractivity contribution >= 4 is 23.1 Å². The number of methoxy groups -OCH3 is 2. The van der Waals surface area contributed by atoms with Gasteiger partial charge in [-0.2, -0.15) is 0 Å². The quantitative estimate of drug-likeness (QED) is 0.873. The first-order chi connectivity index (χ1) is 10.5. The van der Waals surface area contributed by atoms with E-state index >= 15 is 0 Å². The molecule has 1 aromatic carbocycles. The Bertz CT molecular complexity index is 586. The standard InChI is InChI=1S/C16H22N2O4/c1-5-11-16(20)18(7-6-10(2)19)13-9-15(22-4)14(21-3)8-12(13)17-11/h8-9,11,17H,5-7H2,1-4H3. The number of hydrogen-bond acceptors (Lipinski definition) is 5. The molecule has 1 N–H and O–H groups in total. The summed E-state index contributed by atoms with van der Waals surface area (Å²) in [7, 11) is 3.13. The summed E-state index contributed by atoms with van der Waals surface area (Å²) in [5.74, 6) is 1.19. The predicted octanol–water partition coefficient (Wildman–Crippen LogP) is 2.22. The van der Waals surface area contributed by atoms with Gasteiger partial charge in [0.2, 0.25) is 5.91 Å². The minimum absolute atomic E-state index is 0.0246. The molecule has 120 valence electrons. The molecule has 0 aliphatic carbocycles. The van der Waals surface area contributed by atoms with E-state index < -0.39 is 0 Å². The van der Waals surface area contributed by atoms with Gasteiger partial charge in [-0.1, -0.05) is 6.92 Å². The highest BCUT2D eigenvalue weighted by Crippen LogP contribution is 2.41. The number of carbonyl (C=O) groups is 2. The minimum atomic E-state index is -0.294. The number of carbonyl (C=O) groups excluding carboxylic acids is 2. The molecule has 6 heteroatoms. The molecule has 0 saturated heterocycles. The summed E-state index contributed by atoms with van der Waals surface area (Å²) in [5, 5.41) is 3.23. The van der Waals surface area contributed by atoms with E-state index in [1.807, 2.05) is 13.0 Å². The normalized spacial score (nSPS) is 16.8. The lowest BCUT2D eigenvalue weighted by atomic mass is 10.1. The smallest absolute Gasteiger partial charge is 0.249 e. The topological polar surface area (TPSA) is 67.9 Å². The molecular formula is C16H22N2O4. The van der Waals surface area contributed by atoms with Crippen LogP contribution in [0.25, 0.3) is 0 Å². The molecule has 0 radical (unpaired) electrons. The van der Waals surface area contributed by atoms with Crippen molar-refractivity contribution in [1.82, 2.24) is 0 Å². The lowest BCUT2D eigenvalue weighted by molar-refractivity contribution is -0.119. The van der Waals surface area contributed by atoms with Crippen LogP contribution in [0.2, 0.25) is 0 Å². The fourth-order valence-electron chi connectivity index (χ4n) is 2.54. The Hall–Kier alpha value is -2.24. The van der Waals surface area contributed by atoms with E-state index in [1.165, 1.54) is 6.92 Å². The summed E-state index contributed by atoms with van der Waals surface area (Å²) in [5.41, 5.74) is 1.53. The van der Waals surface area contributed by atoms with Gasteiger partial charge in [0.15, 0.2) is 11.5 Å². The summed E-state index contributed by atoms with van der Waals surface area (Å²) in [6, 6.07) is 3.30. The van der Waals surface area contributed by atoms with Crippen molar-refractivity contribution in [2.24, 2.45) is 0 Å². The lowest BCUT2D eigenvalue weighted by Gasteiger charge is -2.35. The van der Waals surface area contributed by atoms with E-state index in [4.69, 9.17) is 9.47 Å². The summed E-state index contributed by atoms with van der Waals surface area (Å²) in [6.07, 6.45) is 0.999. The zero-order chi connectivity index (χ0) is 16.3. The molecule has 2 rings (SSSR count). The van der Waals surface area contributed by atoms with Crippen molar-refractivity contribution in [3.8, 4) is 11.5 Å². The number of rotatable bonds is 6. The average Bonchev–Trinajstić information content (AvgIpc) is 2.51. The van der Waals surface area contributed by atoms with Gasteiger partial charge in [0.05, 0.1) is 25.6 Å². The molecule has 1 aromatic rings. The number of ether oxygens (including phenoxy) is 2. The fourth-order valence-corrected chi connectivity index (χ4v) is 2.54. The summed E-state index contributed by atoms with van der Waals surface area (Å²) < 4.78 is 10.6. The van der Waals surface area contributed by atoms with Crippen molar-refractivity contribution in [2.45, 2.75) is 32.7 Å². The van der Waals surface area contributed by atoms with Crippen LogP contribution in [0.15, 0.2) is 12.1 Å². The number of anilines is 2. The Morgan fingerprint density at radius 3 is 2.45 bits per heavy atom. The summed E-state index contributed by atoms with van der Waals surface area (Å²) >= 11 is 0. The molecule has 1 aliphatic rings. The third kappa shape index (κ3) is 3.00. The second kappa shape index (κ2) is 6.68. The van der Waals surface area contributed by atoms with Crippen molar-refractivity contribution < 1.29 is 19.1 Å². The number of ketones is 1. The molecule has 0 bridgehead atoms. The molecule has 1 unspecified atom stereocenters. The molecule has 1 amide bonds. The van der Waals surface area contributed by atoms with Crippen LogP contribution in [-0.4, -0.2) is 38.5 Å². The van der Waals surface area contributed by atoms with Gasteiger partial charge < -0.3 is 19.7 Å². The van der Waals surface area contributed by atoms with E-state index in [-0.39, 0.29) is 17.7 Å². The van der Waals surface area contributed by atoms with E-state index in [9.17, 15) is 9.59 Å². The van der Waals surface area contributed by atoms with Crippen molar-refractivity contribution in [1.29, 1.82) is 0 Å². The predicted molar refractivity (Wildman–Crippen MR) is 84.9 cm³/mol. The number of fused-ring (bicyclic) bond motifs is 1. The zero-order valence-corrected chi connectivity index (χ0v) is 13.4. The van der Waals surface area contributed by atoms with Gasteiger partial charge in [0.1, 0.15) is 11.8 Å². The first-order valence-electron chi connectivity index (χ1n) is 7.35. The fraction of sp³-hybridized carbons (Fsp3) is 0.500. The highest BCUT2D eigenvalue weighted by molar-refractivity contribution is 6.05. The number of nitrogens with one attached hydrogen (secondary N) is 1. The third-order valence-electron chi connectivity index (χ3n) is 3.78. The first-order valence-corrected chi connectivity index (χ1v) is 7.35. The zero-order valence-electron chi connectivity index (χ0n) is 13.4. The Balaban J connectivity index is 2.45. The molecule has 0 spiro atoms. The van der Waals surface area contributed by atoms with Crippen LogP contribution in [0.3, 0.4) is 0 Å². The van der Waals surface area contributed by atoms with E-state index in [2.05, 4.69) is 5.32 Å². The van der Waals surface area contributed by atoms with Crippen molar-refractivity contribution in [2.75, 3.05) is 31.0 Å². The summed E-state index contributed by atoms with van der Waals surface area (Å²) in [4.78, 5) is 25.5. The van der Waals surface area contributed by atoms with Gasteiger partial charge in [0, 0.05) is 25.1 Å². The molecule has 1 atom stereocenters. The average molecular weight is 306 g/mol. The Morgan fingerprint density at radius 2 is 1.91 bits per heavy atom. The van der Waals surface area contributed by atoms with Crippen LogP contribution in [0, 0.1) is 0 Å². The van der Waals surface area contributed by atoms with Crippen LogP contribution < -0.4 is 19.7 Å². The van der Waals surface area contributed by atoms with Gasteiger partial charge >= 0.3 is 0 Å². The van der Waals surface area contributed by atoms with E-state index in [0.717, 1.165) is 5.69 Å². The van der Waals surface area contributed by atoms with Crippen LogP contribution in [0.4, 0.5) is 11.4 Å². The second-order valence-corrected chi connectivity index (χ2v) is 5.27. The highest BCUT2D eigenvalue weighted by Gasteiger charge is 2.32. The molecule has 6 nitrogen and oxygen atoms in total. The van der Waals surface area contributed by atoms with E-state index in [0.29, 0.717) is 36.6 Å². The molecule has 1 aliphatic heterocycles. The number of nitrogens with zero attached hydrogens (tertiary/aromatic N) is 1. The SMILES string of the molecule is CCC1Nc2cc(OC)c(OC)cc2N(CCC(C)=O)C1=O. The van der Waals surface area contributed by atoms with Crippen LogP contribution in [0.5, 0.6) is 11.5 Å². The molecule has 1 heterocycles. The minimum Gasteiger partial charge on any atom is -0.493 e. The first kappa shape index (κ1) is 16.1. The van der Waals surface area contributed by atoms with Gasteiger partial charge in [-0.25, -0.2) is 0 Å². The Kier molecular flexibility index (Phi) is 4.90. The maximum Gasteiger partial charge on any atom is 0.249 e. The van der Waals surface area contributed by atoms with Crippen LogP contribution >= 0.6 is 0 Å². The third-order valence-corrected chi connectivity index (χ3v) is 3.78. The van der Waals surface area contributed by atoms with Crippen LogP contribution in [-0.2, 0) is 9.59 Å². The lowest BCUT2D eigenvalue weighted by Crippen LogP contribution is -2.47. The summed E-state index contributed by atoms with van der Waals surface area (Å²) in [6.45, 7) is 3.85. The monoisotopic (exact) mass is 306 g/mol. The number of benzene rings is 1. The molecule has 0 saturated carbocycles. The highest BCUT2D eigenvalue weighted by atomic mass is 16.5. The van der Waals surface area contributed by atoms with Crippen molar-refractivity contribution in [3.63, 3.8) is 0 Å². The van der Waals surface area contributed by atoms with Gasteiger partial charge in [-0.05, 0) is 13.3 Å². The van der Waals surface area contributed by atoms with Crippen molar-refractivity contribution in [3.05, 3.63) is 12.1 Å². The number of hydrogen-bond donors (Lipinski definition) is 1.